The van der Waals surface area contributed by atoms with Crippen molar-refractivity contribution in [3.63, 3.8) is 0 Å². The molecule has 5 heteroatoms. The quantitative estimate of drug-likeness (QED) is 0.678. The minimum atomic E-state index is -1.03. The van der Waals surface area contributed by atoms with Crippen molar-refractivity contribution in [1.29, 1.82) is 0 Å². The number of rotatable bonds is 8. The van der Waals surface area contributed by atoms with Crippen molar-refractivity contribution in [2.45, 2.75) is 45.2 Å². The number of hydrogen-bond acceptors (Lipinski definition) is 3. The molecular formula is C16H24N2O3. The van der Waals surface area contributed by atoms with Crippen molar-refractivity contribution >= 4 is 11.9 Å². The van der Waals surface area contributed by atoms with Gasteiger partial charge in [0, 0.05) is 0 Å². The second-order valence-corrected chi connectivity index (χ2v) is 5.34. The van der Waals surface area contributed by atoms with Crippen LogP contribution in [0.3, 0.4) is 0 Å². The standard InChI is InChI=1S/C16H24N2O3/c1-3-11(2)14(17)15(19)18-13(16(20)21)10-9-12-7-5-4-6-8-12/h4-8,11,13-14H,3,9-10,17H2,1-2H3,(H,18,19)(H,20,21)/t11-,13-,14-/m0/s1. The van der Waals surface area contributed by atoms with E-state index in [0.29, 0.717) is 12.8 Å². The highest BCUT2D eigenvalue weighted by atomic mass is 16.4. The lowest BCUT2D eigenvalue weighted by Crippen LogP contribution is -2.50. The second-order valence-electron chi connectivity index (χ2n) is 5.34. The summed E-state index contributed by atoms with van der Waals surface area (Å²) in [6.45, 7) is 3.83. The first-order valence-corrected chi connectivity index (χ1v) is 7.28. The van der Waals surface area contributed by atoms with Gasteiger partial charge >= 0.3 is 5.97 Å². The Morgan fingerprint density at radius 1 is 1.29 bits per heavy atom. The maximum absolute atomic E-state index is 12.0. The molecule has 1 rings (SSSR count). The Morgan fingerprint density at radius 2 is 1.90 bits per heavy atom. The number of aliphatic carboxylic acids is 1. The van der Waals surface area contributed by atoms with Crippen molar-refractivity contribution in [1.82, 2.24) is 5.32 Å². The SMILES string of the molecule is CC[C@H](C)[C@H](N)C(=O)N[C@@H](CCc1ccccc1)C(=O)O. The second kappa shape index (κ2) is 8.42. The highest BCUT2D eigenvalue weighted by molar-refractivity contribution is 5.86. The van der Waals surface area contributed by atoms with E-state index in [2.05, 4.69) is 5.32 Å². The third-order valence-corrected chi connectivity index (χ3v) is 3.74. The average Bonchev–Trinajstić information content (AvgIpc) is 2.50. The summed E-state index contributed by atoms with van der Waals surface area (Å²) in [6, 6.07) is 8.01. The fourth-order valence-electron chi connectivity index (χ4n) is 1.99. The Bertz CT molecular complexity index is 462. The van der Waals surface area contributed by atoms with Gasteiger partial charge in [-0.2, -0.15) is 0 Å². The van der Waals surface area contributed by atoms with Gasteiger partial charge in [0.15, 0.2) is 0 Å². The van der Waals surface area contributed by atoms with Crippen molar-refractivity contribution in [2.75, 3.05) is 0 Å². The summed E-state index contributed by atoms with van der Waals surface area (Å²) in [4.78, 5) is 23.2. The molecule has 0 heterocycles. The molecule has 5 nitrogen and oxygen atoms in total. The van der Waals surface area contributed by atoms with Gasteiger partial charge in [-0.1, -0.05) is 50.6 Å². The molecule has 21 heavy (non-hydrogen) atoms. The van der Waals surface area contributed by atoms with Crippen LogP contribution in [0.5, 0.6) is 0 Å². The summed E-state index contributed by atoms with van der Waals surface area (Å²) in [7, 11) is 0. The van der Waals surface area contributed by atoms with E-state index in [1.807, 2.05) is 44.2 Å². The van der Waals surface area contributed by atoms with E-state index in [9.17, 15) is 14.7 Å². The smallest absolute Gasteiger partial charge is 0.326 e. The third-order valence-electron chi connectivity index (χ3n) is 3.74. The lowest BCUT2D eigenvalue weighted by atomic mass is 9.98. The van der Waals surface area contributed by atoms with Crippen LogP contribution in [-0.2, 0) is 16.0 Å². The van der Waals surface area contributed by atoms with Gasteiger partial charge in [0.25, 0.3) is 0 Å². The number of carboxylic acids is 1. The van der Waals surface area contributed by atoms with Gasteiger partial charge in [-0.25, -0.2) is 4.79 Å². The predicted octanol–water partition coefficient (Wildman–Crippen LogP) is 1.56. The van der Waals surface area contributed by atoms with Crippen LogP contribution in [0, 0.1) is 5.92 Å². The van der Waals surface area contributed by atoms with Crippen LogP contribution in [0.15, 0.2) is 30.3 Å². The molecule has 0 unspecified atom stereocenters. The van der Waals surface area contributed by atoms with E-state index in [1.165, 1.54) is 0 Å². The van der Waals surface area contributed by atoms with Crippen molar-refractivity contribution < 1.29 is 14.7 Å². The van der Waals surface area contributed by atoms with Crippen LogP contribution in [0.2, 0.25) is 0 Å². The van der Waals surface area contributed by atoms with E-state index >= 15 is 0 Å². The van der Waals surface area contributed by atoms with Crippen LogP contribution in [0.4, 0.5) is 0 Å². The number of carbonyl (C=O) groups is 2. The highest BCUT2D eigenvalue weighted by Gasteiger charge is 2.25. The topological polar surface area (TPSA) is 92.4 Å². The van der Waals surface area contributed by atoms with Gasteiger partial charge in [0.2, 0.25) is 5.91 Å². The maximum Gasteiger partial charge on any atom is 0.326 e. The molecule has 116 valence electrons. The monoisotopic (exact) mass is 292 g/mol. The van der Waals surface area contributed by atoms with Gasteiger partial charge in [0.05, 0.1) is 6.04 Å². The molecule has 0 aliphatic carbocycles. The van der Waals surface area contributed by atoms with Crippen LogP contribution in [0.1, 0.15) is 32.3 Å². The molecule has 0 bridgehead atoms. The first kappa shape index (κ1) is 17.2. The molecule has 0 fully saturated rings. The summed E-state index contributed by atoms with van der Waals surface area (Å²) in [5, 5.41) is 11.8. The first-order valence-electron chi connectivity index (χ1n) is 7.28. The minimum Gasteiger partial charge on any atom is -0.480 e. The van der Waals surface area contributed by atoms with E-state index < -0.39 is 24.0 Å². The Hall–Kier alpha value is -1.88. The number of benzene rings is 1. The molecule has 1 aromatic carbocycles. The zero-order valence-electron chi connectivity index (χ0n) is 12.6. The van der Waals surface area contributed by atoms with Gasteiger partial charge in [-0.3, -0.25) is 4.79 Å². The largest absolute Gasteiger partial charge is 0.480 e. The van der Waals surface area contributed by atoms with Crippen LogP contribution < -0.4 is 11.1 Å². The summed E-state index contributed by atoms with van der Waals surface area (Å²) in [6.07, 6.45) is 1.71. The highest BCUT2D eigenvalue weighted by Crippen LogP contribution is 2.08. The van der Waals surface area contributed by atoms with Crippen molar-refractivity contribution in [2.24, 2.45) is 11.7 Å². The van der Waals surface area contributed by atoms with Gasteiger partial charge in [0.1, 0.15) is 6.04 Å². The summed E-state index contributed by atoms with van der Waals surface area (Å²) in [5.41, 5.74) is 6.87. The number of nitrogens with two attached hydrogens (primary N) is 1. The molecule has 0 aromatic heterocycles. The molecule has 0 radical (unpaired) electrons. The van der Waals surface area contributed by atoms with Crippen LogP contribution >= 0.6 is 0 Å². The molecule has 0 aliphatic heterocycles. The van der Waals surface area contributed by atoms with Crippen molar-refractivity contribution in [3.05, 3.63) is 35.9 Å². The average molecular weight is 292 g/mol. The first-order chi connectivity index (χ1) is 9.95. The fraction of sp³-hybridized carbons (Fsp3) is 0.500. The number of carbonyl (C=O) groups excluding carboxylic acids is 1. The molecule has 0 aliphatic rings. The normalized spacial score (nSPS) is 15.0. The summed E-state index contributed by atoms with van der Waals surface area (Å²) >= 11 is 0. The molecule has 1 amide bonds. The lowest BCUT2D eigenvalue weighted by molar-refractivity contribution is -0.142. The molecule has 0 saturated carbocycles. The lowest BCUT2D eigenvalue weighted by Gasteiger charge is -2.21. The van der Waals surface area contributed by atoms with E-state index in [0.717, 1.165) is 12.0 Å². The molecule has 4 N–H and O–H groups in total. The van der Waals surface area contributed by atoms with E-state index in [-0.39, 0.29) is 5.92 Å². The van der Waals surface area contributed by atoms with Gasteiger partial charge in [-0.15, -0.1) is 0 Å². The third kappa shape index (κ3) is 5.55. The number of amides is 1. The number of hydrogen-bond donors (Lipinski definition) is 3. The Labute approximate surface area is 125 Å². The van der Waals surface area contributed by atoms with E-state index in [4.69, 9.17) is 5.73 Å². The fourth-order valence-corrected chi connectivity index (χ4v) is 1.99. The number of aryl methyl sites for hydroxylation is 1. The van der Waals surface area contributed by atoms with E-state index in [1.54, 1.807) is 0 Å². The number of nitrogens with one attached hydrogen (secondary N) is 1. The molecular weight excluding hydrogens is 268 g/mol. The predicted molar refractivity (Wildman–Crippen MR) is 81.8 cm³/mol. The number of carboxylic acid groups (broad SMARTS) is 1. The Kier molecular flexibility index (Phi) is 6.88. The van der Waals surface area contributed by atoms with Crippen LogP contribution in [0.25, 0.3) is 0 Å². The summed E-state index contributed by atoms with van der Waals surface area (Å²) < 4.78 is 0. The Morgan fingerprint density at radius 3 is 2.43 bits per heavy atom. The van der Waals surface area contributed by atoms with Gasteiger partial charge in [-0.05, 0) is 24.3 Å². The summed E-state index contributed by atoms with van der Waals surface area (Å²) in [5.74, 6) is -1.41. The maximum atomic E-state index is 12.0. The zero-order valence-corrected chi connectivity index (χ0v) is 12.6. The molecule has 3 atom stereocenters. The molecule has 1 aromatic rings. The molecule has 0 spiro atoms. The van der Waals surface area contributed by atoms with Crippen LogP contribution in [-0.4, -0.2) is 29.1 Å². The minimum absolute atomic E-state index is 0.0218. The Balaban J connectivity index is 2.58. The zero-order chi connectivity index (χ0) is 15.8. The van der Waals surface area contributed by atoms with Gasteiger partial charge < -0.3 is 16.2 Å². The molecule has 0 saturated heterocycles. The van der Waals surface area contributed by atoms with Crippen molar-refractivity contribution in [3.8, 4) is 0 Å².